The fourth-order valence-electron chi connectivity index (χ4n) is 2.46. The first kappa shape index (κ1) is 14.9. The second kappa shape index (κ2) is 6.81. The molecule has 0 spiro atoms. The van der Waals surface area contributed by atoms with Crippen LogP contribution in [-0.4, -0.2) is 50.2 Å². The zero-order valence-electron chi connectivity index (χ0n) is 11.3. The Kier molecular flexibility index (Phi) is 5.09. The van der Waals surface area contributed by atoms with E-state index >= 15 is 0 Å². The minimum Gasteiger partial charge on any atom is -0.486 e. The Morgan fingerprint density at radius 1 is 1.15 bits per heavy atom. The molecule has 1 saturated heterocycles. The van der Waals surface area contributed by atoms with E-state index in [-0.39, 0.29) is 18.3 Å². The van der Waals surface area contributed by atoms with Crippen molar-refractivity contribution in [1.29, 1.82) is 0 Å². The first-order valence-corrected chi connectivity index (χ1v) is 6.75. The second-order valence-electron chi connectivity index (χ2n) is 4.73. The van der Waals surface area contributed by atoms with Crippen molar-refractivity contribution in [3.63, 3.8) is 0 Å². The van der Waals surface area contributed by atoms with Crippen LogP contribution in [0.15, 0.2) is 18.2 Å². The van der Waals surface area contributed by atoms with Crippen LogP contribution < -0.4 is 14.8 Å². The molecule has 110 valence electrons. The molecule has 6 heteroatoms. The maximum Gasteiger partial charge on any atom is 0.257 e. The number of para-hydroxylation sites is 1. The van der Waals surface area contributed by atoms with Crippen molar-refractivity contribution in [1.82, 2.24) is 10.2 Å². The summed E-state index contributed by atoms with van der Waals surface area (Å²) in [6, 6.07) is 5.50. The Labute approximate surface area is 124 Å². The number of fused-ring (bicyclic) bond motifs is 1. The molecule has 0 atom stereocenters. The standard InChI is InChI=1S/C14H18N2O3.ClH/c17-14(16-7-2-5-15-6-8-16)11-3-1-4-12-13(11)19-10-9-18-12;/h1,3-4,15H,2,5-10H2;1H. The zero-order chi connectivity index (χ0) is 13.1. The normalized spacial score (nSPS) is 17.9. The summed E-state index contributed by atoms with van der Waals surface area (Å²) in [5.74, 6) is 1.30. The van der Waals surface area contributed by atoms with Gasteiger partial charge in [-0.25, -0.2) is 0 Å². The number of ether oxygens (including phenoxy) is 2. The third-order valence-electron chi connectivity index (χ3n) is 3.42. The summed E-state index contributed by atoms with van der Waals surface area (Å²) in [6.45, 7) is 4.38. The van der Waals surface area contributed by atoms with E-state index in [2.05, 4.69) is 5.32 Å². The molecule has 1 fully saturated rings. The Bertz CT molecular complexity index is 473. The smallest absolute Gasteiger partial charge is 0.257 e. The summed E-state index contributed by atoms with van der Waals surface area (Å²) in [7, 11) is 0. The molecule has 1 aromatic carbocycles. The van der Waals surface area contributed by atoms with Crippen molar-refractivity contribution in [3.05, 3.63) is 23.8 Å². The molecule has 0 bridgehead atoms. The molecule has 2 aliphatic rings. The van der Waals surface area contributed by atoms with Gasteiger partial charge in [-0.05, 0) is 25.1 Å². The lowest BCUT2D eigenvalue weighted by molar-refractivity contribution is 0.0756. The third-order valence-corrected chi connectivity index (χ3v) is 3.42. The molecule has 2 aliphatic heterocycles. The lowest BCUT2D eigenvalue weighted by Crippen LogP contribution is -2.34. The van der Waals surface area contributed by atoms with E-state index in [1.165, 1.54) is 0 Å². The Balaban J connectivity index is 0.00000147. The predicted octanol–water partition coefficient (Wildman–Crippen LogP) is 1.32. The highest BCUT2D eigenvalue weighted by molar-refractivity contribution is 5.98. The fourth-order valence-corrected chi connectivity index (χ4v) is 2.46. The average Bonchev–Trinajstić information content (AvgIpc) is 2.75. The van der Waals surface area contributed by atoms with Gasteiger partial charge in [0.2, 0.25) is 0 Å². The van der Waals surface area contributed by atoms with Crippen LogP contribution >= 0.6 is 12.4 Å². The van der Waals surface area contributed by atoms with Crippen LogP contribution in [-0.2, 0) is 0 Å². The van der Waals surface area contributed by atoms with E-state index in [4.69, 9.17) is 9.47 Å². The maximum atomic E-state index is 12.6. The van der Waals surface area contributed by atoms with E-state index in [1.54, 1.807) is 0 Å². The monoisotopic (exact) mass is 298 g/mol. The molecule has 2 heterocycles. The molecule has 5 nitrogen and oxygen atoms in total. The number of carbonyl (C=O) groups excluding carboxylic acids is 1. The highest BCUT2D eigenvalue weighted by Gasteiger charge is 2.24. The van der Waals surface area contributed by atoms with Gasteiger partial charge in [0.1, 0.15) is 13.2 Å². The fraction of sp³-hybridized carbons (Fsp3) is 0.500. The third kappa shape index (κ3) is 2.99. The first-order chi connectivity index (χ1) is 9.36. The van der Waals surface area contributed by atoms with Crippen molar-refractivity contribution in [2.75, 3.05) is 39.4 Å². The average molecular weight is 299 g/mol. The second-order valence-corrected chi connectivity index (χ2v) is 4.73. The maximum absolute atomic E-state index is 12.6. The van der Waals surface area contributed by atoms with Gasteiger partial charge in [0, 0.05) is 19.6 Å². The molecule has 0 aromatic heterocycles. The number of halogens is 1. The molecule has 0 aliphatic carbocycles. The minimum absolute atomic E-state index is 0. The van der Waals surface area contributed by atoms with Crippen LogP contribution in [0.5, 0.6) is 11.5 Å². The molecular weight excluding hydrogens is 280 g/mol. The van der Waals surface area contributed by atoms with E-state index in [9.17, 15) is 4.79 Å². The van der Waals surface area contributed by atoms with Crippen LogP contribution in [0, 0.1) is 0 Å². The van der Waals surface area contributed by atoms with Gasteiger partial charge in [-0.1, -0.05) is 6.07 Å². The molecule has 0 unspecified atom stereocenters. The van der Waals surface area contributed by atoms with Crippen molar-refractivity contribution < 1.29 is 14.3 Å². The van der Waals surface area contributed by atoms with E-state index < -0.39 is 0 Å². The number of nitrogens with one attached hydrogen (secondary N) is 1. The molecular formula is C14H19ClN2O3. The molecule has 3 rings (SSSR count). The lowest BCUT2D eigenvalue weighted by Gasteiger charge is -2.24. The highest BCUT2D eigenvalue weighted by Crippen LogP contribution is 2.34. The number of carbonyl (C=O) groups is 1. The quantitative estimate of drug-likeness (QED) is 0.849. The minimum atomic E-state index is 0. The summed E-state index contributed by atoms with van der Waals surface area (Å²) in [6.07, 6.45) is 0.984. The van der Waals surface area contributed by atoms with Crippen molar-refractivity contribution in [2.45, 2.75) is 6.42 Å². The molecule has 1 amide bonds. The Hall–Kier alpha value is -1.46. The summed E-state index contributed by atoms with van der Waals surface area (Å²) in [5, 5.41) is 3.30. The lowest BCUT2D eigenvalue weighted by atomic mass is 10.1. The van der Waals surface area contributed by atoms with Crippen LogP contribution in [0.1, 0.15) is 16.8 Å². The van der Waals surface area contributed by atoms with Gasteiger partial charge in [0.25, 0.3) is 5.91 Å². The molecule has 1 aromatic rings. The van der Waals surface area contributed by atoms with Crippen molar-refractivity contribution in [3.8, 4) is 11.5 Å². The van der Waals surface area contributed by atoms with Crippen LogP contribution in [0.25, 0.3) is 0 Å². The summed E-state index contributed by atoms with van der Waals surface area (Å²) < 4.78 is 11.1. The largest absolute Gasteiger partial charge is 0.486 e. The van der Waals surface area contributed by atoms with Gasteiger partial charge in [-0.2, -0.15) is 0 Å². The van der Waals surface area contributed by atoms with Gasteiger partial charge in [-0.3, -0.25) is 4.79 Å². The Morgan fingerprint density at radius 3 is 2.90 bits per heavy atom. The molecule has 20 heavy (non-hydrogen) atoms. The first-order valence-electron chi connectivity index (χ1n) is 6.75. The topological polar surface area (TPSA) is 50.8 Å². The number of benzene rings is 1. The molecule has 1 N–H and O–H groups in total. The van der Waals surface area contributed by atoms with Gasteiger partial charge < -0.3 is 19.7 Å². The number of rotatable bonds is 1. The highest BCUT2D eigenvalue weighted by atomic mass is 35.5. The van der Waals surface area contributed by atoms with Crippen molar-refractivity contribution >= 4 is 18.3 Å². The predicted molar refractivity (Wildman–Crippen MR) is 78.1 cm³/mol. The van der Waals surface area contributed by atoms with E-state index in [0.717, 1.165) is 32.6 Å². The van der Waals surface area contributed by atoms with Crippen LogP contribution in [0.4, 0.5) is 0 Å². The van der Waals surface area contributed by atoms with Gasteiger partial charge in [-0.15, -0.1) is 12.4 Å². The van der Waals surface area contributed by atoms with Gasteiger partial charge >= 0.3 is 0 Å². The number of hydrogen-bond acceptors (Lipinski definition) is 4. The van der Waals surface area contributed by atoms with Crippen LogP contribution in [0.2, 0.25) is 0 Å². The van der Waals surface area contributed by atoms with Gasteiger partial charge in [0.05, 0.1) is 5.56 Å². The van der Waals surface area contributed by atoms with Crippen LogP contribution in [0.3, 0.4) is 0 Å². The summed E-state index contributed by atoms with van der Waals surface area (Å²) >= 11 is 0. The zero-order valence-corrected chi connectivity index (χ0v) is 12.1. The summed E-state index contributed by atoms with van der Waals surface area (Å²) in [5.41, 5.74) is 0.610. The van der Waals surface area contributed by atoms with E-state index in [0.29, 0.717) is 30.3 Å². The number of nitrogens with zero attached hydrogens (tertiary/aromatic N) is 1. The summed E-state index contributed by atoms with van der Waals surface area (Å²) in [4.78, 5) is 14.5. The molecule has 0 saturated carbocycles. The molecule has 0 radical (unpaired) electrons. The number of amides is 1. The van der Waals surface area contributed by atoms with E-state index in [1.807, 2.05) is 23.1 Å². The van der Waals surface area contributed by atoms with Gasteiger partial charge in [0.15, 0.2) is 11.5 Å². The SMILES string of the molecule is Cl.O=C(c1cccc2c1OCCO2)N1CCCNCC1. The number of hydrogen-bond donors (Lipinski definition) is 1. The van der Waals surface area contributed by atoms with Crippen molar-refractivity contribution in [2.24, 2.45) is 0 Å². The Morgan fingerprint density at radius 2 is 2.00 bits per heavy atom.